The van der Waals surface area contributed by atoms with E-state index in [0.717, 1.165) is 33.4 Å². The van der Waals surface area contributed by atoms with Crippen molar-refractivity contribution in [3.63, 3.8) is 0 Å². The molecule has 4 N–H and O–H groups in total. The second-order valence-corrected chi connectivity index (χ2v) is 9.35. The van der Waals surface area contributed by atoms with Crippen molar-refractivity contribution in [2.45, 2.75) is 6.54 Å². The van der Waals surface area contributed by atoms with Crippen molar-refractivity contribution in [1.82, 2.24) is 35.2 Å². The van der Waals surface area contributed by atoms with Gasteiger partial charge in [-0.1, -0.05) is 11.3 Å². The van der Waals surface area contributed by atoms with Gasteiger partial charge in [-0.25, -0.2) is 28.1 Å². The van der Waals surface area contributed by atoms with Gasteiger partial charge in [0.25, 0.3) is 0 Å². The largest absolute Gasteiger partial charge is 0.316 e. The monoisotopic (exact) mass is 444 g/mol. The molecule has 0 saturated heterocycles. The molecule has 0 bridgehead atoms. The Morgan fingerprint density at radius 1 is 1.17 bits per heavy atom. The first-order valence-corrected chi connectivity index (χ1v) is 11.8. The molecule has 0 fully saturated rings. The predicted molar refractivity (Wildman–Crippen MR) is 117 cm³/mol. The van der Waals surface area contributed by atoms with Crippen molar-refractivity contribution >= 4 is 42.7 Å². The number of nitrogens with zero attached hydrogens (tertiary/aromatic N) is 4. The minimum Gasteiger partial charge on any atom is -0.316 e. The fourth-order valence-corrected chi connectivity index (χ4v) is 4.06. The van der Waals surface area contributed by atoms with Crippen LogP contribution in [0.2, 0.25) is 0 Å². The van der Waals surface area contributed by atoms with Crippen molar-refractivity contribution in [2.24, 2.45) is 0 Å². The molecule has 0 aliphatic heterocycles. The second-order valence-electron chi connectivity index (χ2n) is 6.54. The van der Waals surface area contributed by atoms with Crippen LogP contribution in [0.25, 0.3) is 21.6 Å². The van der Waals surface area contributed by atoms with Gasteiger partial charge in [0, 0.05) is 37.6 Å². The molecule has 4 aromatic heterocycles. The van der Waals surface area contributed by atoms with Gasteiger partial charge in [-0.05, 0) is 29.8 Å². The third-order valence-corrected chi connectivity index (χ3v) is 5.71. The van der Waals surface area contributed by atoms with Crippen molar-refractivity contribution in [2.75, 3.05) is 24.7 Å². The van der Waals surface area contributed by atoms with E-state index >= 15 is 0 Å². The van der Waals surface area contributed by atoms with Crippen LogP contribution in [-0.2, 0) is 16.6 Å². The van der Waals surface area contributed by atoms with E-state index in [4.69, 9.17) is 0 Å². The van der Waals surface area contributed by atoms with Gasteiger partial charge in [0.15, 0.2) is 5.13 Å². The van der Waals surface area contributed by atoms with E-state index in [9.17, 15) is 8.42 Å². The van der Waals surface area contributed by atoms with Crippen LogP contribution in [0.1, 0.15) is 5.56 Å². The van der Waals surface area contributed by atoms with Gasteiger partial charge in [0.1, 0.15) is 16.2 Å². The first kappa shape index (κ1) is 20.3. The van der Waals surface area contributed by atoms with E-state index in [-0.39, 0.29) is 0 Å². The predicted octanol–water partition coefficient (Wildman–Crippen LogP) is 1.86. The average Bonchev–Trinajstić information content (AvgIpc) is 3.36. The van der Waals surface area contributed by atoms with Gasteiger partial charge in [-0.15, -0.1) is 0 Å². The third kappa shape index (κ3) is 5.36. The highest BCUT2D eigenvalue weighted by atomic mass is 32.2. The van der Waals surface area contributed by atoms with Gasteiger partial charge >= 0.3 is 0 Å². The first-order valence-electron chi connectivity index (χ1n) is 9.10. The Morgan fingerprint density at radius 3 is 2.87 bits per heavy atom. The summed E-state index contributed by atoms with van der Waals surface area (Å²) in [6.45, 7) is 1.47. The number of aromatic amines is 1. The normalized spacial score (nSPS) is 11.8. The molecule has 0 saturated carbocycles. The van der Waals surface area contributed by atoms with Crippen molar-refractivity contribution in [3.8, 4) is 11.3 Å². The summed E-state index contributed by atoms with van der Waals surface area (Å²) in [4.78, 5) is 14.4. The Kier molecular flexibility index (Phi) is 5.99. The van der Waals surface area contributed by atoms with Gasteiger partial charge < -0.3 is 10.6 Å². The number of hydrogen-bond donors (Lipinski definition) is 4. The molecule has 0 aliphatic carbocycles. The smallest absolute Gasteiger partial charge is 0.208 e. The van der Waals surface area contributed by atoms with Crippen LogP contribution in [0.5, 0.6) is 0 Å². The molecule has 4 heterocycles. The zero-order valence-corrected chi connectivity index (χ0v) is 17.7. The Balaban J connectivity index is 1.39. The summed E-state index contributed by atoms with van der Waals surface area (Å²) in [6, 6.07) is 7.68. The van der Waals surface area contributed by atoms with E-state index in [2.05, 4.69) is 40.5 Å². The van der Waals surface area contributed by atoms with Gasteiger partial charge in [0.2, 0.25) is 10.0 Å². The van der Waals surface area contributed by atoms with Crippen LogP contribution >= 0.6 is 11.3 Å². The van der Waals surface area contributed by atoms with Crippen LogP contribution in [-0.4, -0.2) is 52.9 Å². The van der Waals surface area contributed by atoms with Gasteiger partial charge in [-0.3, -0.25) is 5.10 Å². The maximum absolute atomic E-state index is 11.1. The first-order chi connectivity index (χ1) is 14.5. The van der Waals surface area contributed by atoms with Gasteiger partial charge in [-0.2, -0.15) is 5.10 Å². The SMILES string of the molecule is CS(=O)(=O)NCCNCc1ccnc(Nc2nc3ccc(-c4cn[nH]c4)nc3s2)c1. The lowest BCUT2D eigenvalue weighted by atomic mass is 10.2. The molecule has 0 aliphatic rings. The summed E-state index contributed by atoms with van der Waals surface area (Å²) >= 11 is 1.45. The van der Waals surface area contributed by atoms with Crippen LogP contribution < -0.4 is 15.4 Å². The van der Waals surface area contributed by atoms with Crippen LogP contribution in [0, 0.1) is 0 Å². The summed E-state index contributed by atoms with van der Waals surface area (Å²) in [6.07, 6.45) is 6.39. The zero-order chi connectivity index (χ0) is 21.0. The Morgan fingerprint density at radius 2 is 2.07 bits per heavy atom. The molecular formula is C18H20N8O2S2. The molecule has 0 amide bonds. The molecule has 4 aromatic rings. The van der Waals surface area contributed by atoms with Crippen molar-refractivity contribution < 1.29 is 8.42 Å². The molecule has 10 nitrogen and oxygen atoms in total. The van der Waals surface area contributed by atoms with Crippen LogP contribution in [0.4, 0.5) is 10.9 Å². The number of sulfonamides is 1. The molecule has 0 unspecified atom stereocenters. The Bertz CT molecular complexity index is 1240. The van der Waals surface area contributed by atoms with E-state index < -0.39 is 10.0 Å². The molecule has 156 valence electrons. The number of pyridine rings is 2. The Hall–Kier alpha value is -2.93. The lowest BCUT2D eigenvalue weighted by molar-refractivity contribution is 0.582. The van der Waals surface area contributed by atoms with Gasteiger partial charge in [0.05, 0.1) is 18.1 Å². The lowest BCUT2D eigenvalue weighted by Gasteiger charge is -2.07. The number of hydrogen-bond acceptors (Lipinski definition) is 9. The highest BCUT2D eigenvalue weighted by Gasteiger charge is 2.09. The number of anilines is 2. The average molecular weight is 445 g/mol. The van der Waals surface area contributed by atoms with Crippen molar-refractivity contribution in [1.29, 1.82) is 0 Å². The van der Waals surface area contributed by atoms with Crippen LogP contribution in [0.15, 0.2) is 42.9 Å². The fourth-order valence-electron chi connectivity index (χ4n) is 2.74. The molecule has 0 aromatic carbocycles. The minimum atomic E-state index is -3.16. The lowest BCUT2D eigenvalue weighted by Crippen LogP contribution is -2.30. The standard InChI is InChI=1S/C18H20N8O2S2/c1-30(27,28)23-7-6-19-9-12-4-5-20-16(8-12)26-18-25-15-3-2-14(24-17(15)29-18)13-10-21-22-11-13/h2-5,8,10-11,19,23H,6-7,9H2,1H3,(H,21,22)(H,20,25,26). The third-order valence-electron chi connectivity index (χ3n) is 4.10. The topological polar surface area (TPSA) is 138 Å². The molecule has 12 heteroatoms. The summed E-state index contributed by atoms with van der Waals surface area (Å²) in [5, 5.41) is 13.9. The summed E-state index contributed by atoms with van der Waals surface area (Å²) in [5.41, 5.74) is 3.59. The molecule has 4 rings (SSSR count). The molecule has 0 atom stereocenters. The van der Waals surface area contributed by atoms with Crippen molar-refractivity contribution in [3.05, 3.63) is 48.4 Å². The number of thiazole rings is 1. The molecular weight excluding hydrogens is 424 g/mol. The zero-order valence-electron chi connectivity index (χ0n) is 16.1. The van der Waals surface area contributed by atoms with E-state index in [1.807, 2.05) is 24.3 Å². The number of rotatable bonds is 9. The van der Waals surface area contributed by atoms with E-state index in [0.29, 0.717) is 30.6 Å². The number of H-pyrrole nitrogens is 1. The molecule has 0 spiro atoms. The van der Waals surface area contributed by atoms with E-state index in [1.54, 1.807) is 18.6 Å². The fraction of sp³-hybridized carbons (Fsp3) is 0.222. The molecule has 30 heavy (non-hydrogen) atoms. The number of nitrogens with one attached hydrogen (secondary N) is 4. The van der Waals surface area contributed by atoms with Crippen LogP contribution in [0.3, 0.4) is 0 Å². The summed E-state index contributed by atoms with van der Waals surface area (Å²) in [5.74, 6) is 0.678. The Labute approximate surface area is 177 Å². The number of fused-ring (bicyclic) bond motifs is 1. The minimum absolute atomic E-state index is 0.342. The maximum atomic E-state index is 11.1. The summed E-state index contributed by atoms with van der Waals surface area (Å²) in [7, 11) is -3.16. The molecule has 0 radical (unpaired) electrons. The second kappa shape index (κ2) is 8.83. The summed E-state index contributed by atoms with van der Waals surface area (Å²) < 4.78 is 24.6. The quantitative estimate of drug-likeness (QED) is 0.287. The highest BCUT2D eigenvalue weighted by Crippen LogP contribution is 2.28. The van der Waals surface area contributed by atoms with E-state index in [1.165, 1.54) is 11.3 Å². The maximum Gasteiger partial charge on any atom is 0.208 e. The highest BCUT2D eigenvalue weighted by molar-refractivity contribution is 7.88. The number of aromatic nitrogens is 5.